The number of aromatic nitrogens is 3. The minimum Gasteiger partial charge on any atom is -0.277 e. The molecular weight excluding hydrogens is 579 g/mol. The predicted molar refractivity (Wildman–Crippen MR) is 190 cm³/mol. The Kier molecular flexibility index (Phi) is 6.39. The summed E-state index contributed by atoms with van der Waals surface area (Å²) in [6.45, 7) is 0. The highest BCUT2D eigenvalue weighted by atomic mass is 32.2. The number of para-hydroxylation sites is 1. The fourth-order valence-corrected chi connectivity index (χ4v) is 7.68. The van der Waals surface area contributed by atoms with Gasteiger partial charge in [-0.1, -0.05) is 157 Å². The van der Waals surface area contributed by atoms with E-state index in [9.17, 15) is 0 Å². The smallest absolute Gasteiger partial charge is 0.235 e. The zero-order valence-corrected chi connectivity index (χ0v) is 25.7. The van der Waals surface area contributed by atoms with E-state index in [2.05, 4.69) is 156 Å². The fourth-order valence-electron chi connectivity index (χ4n) is 6.60. The molecule has 2 aromatic heterocycles. The molecule has 0 N–H and O–H groups in total. The van der Waals surface area contributed by atoms with Crippen molar-refractivity contribution < 1.29 is 0 Å². The minimum absolute atomic E-state index is 0.647. The molecule has 1 aliphatic heterocycles. The van der Waals surface area contributed by atoms with Crippen molar-refractivity contribution >= 4 is 22.7 Å². The van der Waals surface area contributed by atoms with E-state index in [4.69, 9.17) is 9.97 Å². The Morgan fingerprint density at radius 3 is 1.57 bits per heavy atom. The van der Waals surface area contributed by atoms with Gasteiger partial charge in [-0.05, 0) is 29.3 Å². The molecule has 0 saturated carbocycles. The molecule has 0 radical (unpaired) electrons. The Hall–Kier alpha value is -5.71. The predicted octanol–water partition coefficient (Wildman–Crippen LogP) is 11.2. The van der Waals surface area contributed by atoms with Crippen LogP contribution >= 0.6 is 11.8 Å². The first kappa shape index (κ1) is 26.7. The monoisotopic (exact) mass is 605 g/mol. The van der Waals surface area contributed by atoms with Crippen molar-refractivity contribution in [2.24, 2.45) is 0 Å². The summed E-state index contributed by atoms with van der Waals surface area (Å²) < 4.78 is 2.33. The summed E-state index contributed by atoms with van der Waals surface area (Å²) >= 11 is 1.82. The third-order valence-electron chi connectivity index (χ3n) is 8.65. The van der Waals surface area contributed by atoms with Gasteiger partial charge in [0, 0.05) is 43.0 Å². The molecule has 0 saturated heterocycles. The molecule has 0 amide bonds. The first-order valence-corrected chi connectivity index (χ1v) is 16.2. The molecule has 9 rings (SSSR count). The highest BCUT2D eigenvalue weighted by Gasteiger charge is 2.30. The van der Waals surface area contributed by atoms with Gasteiger partial charge in [0.05, 0.1) is 22.6 Å². The van der Waals surface area contributed by atoms with Gasteiger partial charge in [0.1, 0.15) is 0 Å². The van der Waals surface area contributed by atoms with Gasteiger partial charge in [0.15, 0.2) is 0 Å². The zero-order chi connectivity index (χ0) is 30.5. The summed E-state index contributed by atoms with van der Waals surface area (Å²) in [4.78, 5) is 13.2. The molecule has 0 atom stereocenters. The van der Waals surface area contributed by atoms with E-state index in [1.807, 2.05) is 23.9 Å². The molecule has 0 fully saturated rings. The summed E-state index contributed by atoms with van der Waals surface area (Å²) in [5.74, 6) is 0.647. The van der Waals surface area contributed by atoms with Crippen LogP contribution in [0.2, 0.25) is 0 Å². The molecular formula is C42H27N3S. The van der Waals surface area contributed by atoms with Crippen LogP contribution < -0.4 is 0 Å². The molecule has 3 heterocycles. The molecule has 46 heavy (non-hydrogen) atoms. The van der Waals surface area contributed by atoms with Crippen LogP contribution in [0.25, 0.3) is 72.9 Å². The van der Waals surface area contributed by atoms with Crippen LogP contribution in [0.3, 0.4) is 0 Å². The second kappa shape index (κ2) is 11.0. The van der Waals surface area contributed by atoms with Gasteiger partial charge in [-0.25, -0.2) is 9.97 Å². The fraction of sp³-hybridized carbons (Fsp3) is 0. The van der Waals surface area contributed by atoms with Crippen LogP contribution in [-0.2, 0) is 0 Å². The average Bonchev–Trinajstić information content (AvgIpc) is 3.40. The van der Waals surface area contributed by atoms with Gasteiger partial charge in [-0.3, -0.25) is 4.57 Å². The quantitative estimate of drug-likeness (QED) is 0.200. The van der Waals surface area contributed by atoms with Crippen molar-refractivity contribution in [2.75, 3.05) is 0 Å². The summed E-state index contributed by atoms with van der Waals surface area (Å²) in [7, 11) is 0. The summed E-state index contributed by atoms with van der Waals surface area (Å²) in [5.41, 5.74) is 12.0. The van der Waals surface area contributed by atoms with Crippen LogP contribution in [-0.4, -0.2) is 14.5 Å². The third kappa shape index (κ3) is 4.38. The van der Waals surface area contributed by atoms with Gasteiger partial charge in [0.2, 0.25) is 5.95 Å². The Balaban J connectivity index is 1.48. The number of rotatable bonds is 4. The van der Waals surface area contributed by atoms with Crippen LogP contribution in [0.5, 0.6) is 0 Å². The van der Waals surface area contributed by atoms with Crippen molar-refractivity contribution in [3.05, 3.63) is 164 Å². The van der Waals surface area contributed by atoms with E-state index in [0.717, 1.165) is 44.9 Å². The van der Waals surface area contributed by atoms with Crippen LogP contribution in [0.4, 0.5) is 0 Å². The minimum atomic E-state index is 0.647. The third-order valence-corrected chi connectivity index (χ3v) is 9.80. The van der Waals surface area contributed by atoms with E-state index in [1.165, 1.54) is 31.9 Å². The Morgan fingerprint density at radius 1 is 0.435 bits per heavy atom. The molecule has 6 aromatic carbocycles. The Bertz CT molecular complexity index is 2320. The number of fused-ring (bicyclic) bond motifs is 7. The number of hydrogen-bond donors (Lipinski definition) is 0. The summed E-state index contributed by atoms with van der Waals surface area (Å²) in [6, 6.07) is 57.7. The Labute approximate surface area is 271 Å². The largest absolute Gasteiger partial charge is 0.277 e. The van der Waals surface area contributed by atoms with Crippen molar-refractivity contribution in [1.82, 2.24) is 14.5 Å². The molecule has 216 valence electrons. The van der Waals surface area contributed by atoms with Crippen LogP contribution in [0.1, 0.15) is 0 Å². The van der Waals surface area contributed by atoms with E-state index >= 15 is 0 Å². The maximum atomic E-state index is 5.37. The molecule has 1 aliphatic rings. The molecule has 8 aromatic rings. The first-order chi connectivity index (χ1) is 22.8. The lowest BCUT2D eigenvalue weighted by Gasteiger charge is -2.16. The average molecular weight is 606 g/mol. The lowest BCUT2D eigenvalue weighted by Crippen LogP contribution is -2.06. The number of nitrogens with zero attached hydrogens (tertiary/aromatic N) is 3. The zero-order valence-electron chi connectivity index (χ0n) is 24.8. The van der Waals surface area contributed by atoms with Crippen LogP contribution in [0, 0.1) is 0 Å². The highest BCUT2D eigenvalue weighted by molar-refractivity contribution is 7.99. The van der Waals surface area contributed by atoms with Gasteiger partial charge >= 0.3 is 0 Å². The second-order valence-electron chi connectivity index (χ2n) is 11.4. The van der Waals surface area contributed by atoms with Gasteiger partial charge in [0.25, 0.3) is 0 Å². The summed E-state index contributed by atoms with van der Waals surface area (Å²) in [5, 5.41) is 1.18. The summed E-state index contributed by atoms with van der Waals surface area (Å²) in [6.07, 6.45) is 0. The van der Waals surface area contributed by atoms with Gasteiger partial charge < -0.3 is 0 Å². The second-order valence-corrected chi connectivity index (χ2v) is 12.5. The maximum absolute atomic E-state index is 5.37. The topological polar surface area (TPSA) is 30.7 Å². The lowest BCUT2D eigenvalue weighted by molar-refractivity contribution is 0.973. The standard InChI is InChI=1S/C42H27N3S/c1-4-15-28(16-5-1)31-23-14-24-34-39-32-21-10-12-25-37(32)46-38-26-13-11-22-33(38)41(39)45(40(31)34)42-43-35(29-17-6-2-7-18-29)27-36(44-42)30-19-8-3-9-20-30/h1-27H. The molecule has 0 spiro atoms. The molecule has 4 heteroatoms. The number of benzene rings is 6. The van der Waals surface area contributed by atoms with E-state index < -0.39 is 0 Å². The highest BCUT2D eigenvalue weighted by Crippen LogP contribution is 2.53. The van der Waals surface area contributed by atoms with E-state index in [-0.39, 0.29) is 0 Å². The first-order valence-electron chi connectivity index (χ1n) is 15.4. The van der Waals surface area contributed by atoms with Crippen molar-refractivity contribution in [2.45, 2.75) is 9.79 Å². The molecule has 0 unspecified atom stereocenters. The molecule has 0 aliphatic carbocycles. The molecule has 0 bridgehead atoms. The van der Waals surface area contributed by atoms with Gasteiger partial charge in [-0.15, -0.1) is 0 Å². The number of hydrogen-bond acceptors (Lipinski definition) is 3. The normalized spacial score (nSPS) is 11.8. The van der Waals surface area contributed by atoms with Gasteiger partial charge in [-0.2, -0.15) is 0 Å². The van der Waals surface area contributed by atoms with E-state index in [0.29, 0.717) is 5.95 Å². The molecule has 3 nitrogen and oxygen atoms in total. The lowest BCUT2D eigenvalue weighted by atomic mass is 9.96. The van der Waals surface area contributed by atoms with Crippen molar-refractivity contribution in [1.29, 1.82) is 0 Å². The van der Waals surface area contributed by atoms with E-state index in [1.54, 1.807) is 0 Å². The van der Waals surface area contributed by atoms with Crippen molar-refractivity contribution in [3.8, 4) is 62.0 Å². The SMILES string of the molecule is c1ccc(-c2cc(-c3ccccc3)nc(-n3c4c(c5cccc(-c6ccccc6)c53)-c3ccccc3Sc3ccccc3-4)n2)cc1. The Morgan fingerprint density at radius 2 is 0.935 bits per heavy atom. The van der Waals surface area contributed by atoms with Crippen LogP contribution in [0.15, 0.2) is 174 Å². The van der Waals surface area contributed by atoms with Crippen molar-refractivity contribution in [3.63, 3.8) is 0 Å². The maximum Gasteiger partial charge on any atom is 0.235 e.